The molecule has 1 aliphatic heterocycles. The molecule has 0 radical (unpaired) electrons. The highest BCUT2D eigenvalue weighted by atomic mass is 19.4. The van der Waals surface area contributed by atoms with E-state index in [0.717, 1.165) is 11.3 Å². The first kappa shape index (κ1) is 12.7. The Morgan fingerprint density at radius 1 is 1.47 bits per heavy atom. The van der Waals surface area contributed by atoms with Crippen molar-refractivity contribution in [1.82, 2.24) is 10.2 Å². The molecule has 1 unspecified atom stereocenters. The third-order valence-corrected chi connectivity index (χ3v) is 3.44. The lowest BCUT2D eigenvalue weighted by molar-refractivity contribution is -0.166. The molecule has 17 heavy (non-hydrogen) atoms. The summed E-state index contributed by atoms with van der Waals surface area (Å²) in [5.41, 5.74) is -0.798. The SMILES string of the molecule is CC1(C(=O)N(CC(F)(F)F)C2CC2)CCCN1. The van der Waals surface area contributed by atoms with Gasteiger partial charge in [0.05, 0.1) is 5.54 Å². The number of carbonyl (C=O) groups is 1. The highest BCUT2D eigenvalue weighted by Crippen LogP contribution is 2.33. The summed E-state index contributed by atoms with van der Waals surface area (Å²) in [5, 5.41) is 3.02. The average Bonchev–Trinajstić information content (AvgIpc) is 2.96. The molecule has 0 aromatic rings. The molecule has 1 N–H and O–H groups in total. The normalized spacial score (nSPS) is 29.4. The number of rotatable bonds is 3. The zero-order valence-corrected chi connectivity index (χ0v) is 9.81. The number of hydrogen-bond acceptors (Lipinski definition) is 2. The van der Waals surface area contributed by atoms with Gasteiger partial charge in [-0.1, -0.05) is 0 Å². The molecule has 0 aromatic carbocycles. The van der Waals surface area contributed by atoms with Crippen molar-refractivity contribution in [3.05, 3.63) is 0 Å². The van der Waals surface area contributed by atoms with Crippen molar-refractivity contribution in [3.8, 4) is 0 Å². The first-order valence-electron chi connectivity index (χ1n) is 5.95. The van der Waals surface area contributed by atoms with Crippen LogP contribution in [0.2, 0.25) is 0 Å². The summed E-state index contributed by atoms with van der Waals surface area (Å²) in [6.07, 6.45) is -1.47. The second-order valence-electron chi connectivity index (χ2n) is 5.14. The molecule has 1 amide bonds. The number of carbonyl (C=O) groups excluding carboxylic acids is 1. The van der Waals surface area contributed by atoms with E-state index in [1.807, 2.05) is 0 Å². The second kappa shape index (κ2) is 4.15. The fourth-order valence-electron chi connectivity index (χ4n) is 2.34. The molecule has 1 heterocycles. The molecule has 6 heteroatoms. The van der Waals surface area contributed by atoms with Crippen molar-refractivity contribution in [2.75, 3.05) is 13.1 Å². The first-order valence-corrected chi connectivity index (χ1v) is 5.95. The van der Waals surface area contributed by atoms with Gasteiger partial charge in [0.25, 0.3) is 0 Å². The van der Waals surface area contributed by atoms with Gasteiger partial charge in [-0.3, -0.25) is 4.79 Å². The maximum atomic E-state index is 12.5. The van der Waals surface area contributed by atoms with E-state index >= 15 is 0 Å². The Kier molecular flexibility index (Phi) is 3.10. The van der Waals surface area contributed by atoms with Gasteiger partial charge in [-0.15, -0.1) is 0 Å². The van der Waals surface area contributed by atoms with Crippen molar-refractivity contribution in [2.45, 2.75) is 50.4 Å². The smallest absolute Gasteiger partial charge is 0.329 e. The Morgan fingerprint density at radius 3 is 2.53 bits per heavy atom. The molecular weight excluding hydrogens is 233 g/mol. The quantitative estimate of drug-likeness (QED) is 0.826. The van der Waals surface area contributed by atoms with Crippen molar-refractivity contribution in [1.29, 1.82) is 0 Å². The predicted molar refractivity (Wildman–Crippen MR) is 56.4 cm³/mol. The van der Waals surface area contributed by atoms with Crippen LogP contribution >= 0.6 is 0 Å². The third-order valence-electron chi connectivity index (χ3n) is 3.44. The molecule has 98 valence electrons. The molecule has 0 aromatic heterocycles. The van der Waals surface area contributed by atoms with Crippen LogP contribution in [0.4, 0.5) is 13.2 Å². The lowest BCUT2D eigenvalue weighted by Crippen LogP contribution is -2.55. The van der Waals surface area contributed by atoms with Gasteiger partial charge in [-0.25, -0.2) is 0 Å². The third kappa shape index (κ3) is 2.91. The van der Waals surface area contributed by atoms with E-state index in [9.17, 15) is 18.0 Å². The summed E-state index contributed by atoms with van der Waals surface area (Å²) in [7, 11) is 0. The summed E-state index contributed by atoms with van der Waals surface area (Å²) >= 11 is 0. The fourth-order valence-corrected chi connectivity index (χ4v) is 2.34. The second-order valence-corrected chi connectivity index (χ2v) is 5.14. The Hall–Kier alpha value is -0.780. The molecule has 0 spiro atoms. The largest absolute Gasteiger partial charge is 0.406 e. The lowest BCUT2D eigenvalue weighted by Gasteiger charge is -2.32. The van der Waals surface area contributed by atoms with Crippen LogP contribution < -0.4 is 5.32 Å². The summed E-state index contributed by atoms with van der Waals surface area (Å²) < 4.78 is 37.4. The Balaban J connectivity index is 2.07. The van der Waals surface area contributed by atoms with Gasteiger partial charge in [0.1, 0.15) is 6.54 Å². The Morgan fingerprint density at radius 2 is 2.12 bits per heavy atom. The Bertz CT molecular complexity index is 306. The maximum absolute atomic E-state index is 12.5. The van der Waals surface area contributed by atoms with E-state index in [-0.39, 0.29) is 6.04 Å². The van der Waals surface area contributed by atoms with Crippen LogP contribution in [0, 0.1) is 0 Å². The average molecular weight is 250 g/mol. The molecule has 1 saturated heterocycles. The highest BCUT2D eigenvalue weighted by Gasteiger charge is 2.47. The van der Waals surface area contributed by atoms with Crippen LogP contribution in [0.25, 0.3) is 0 Å². The monoisotopic (exact) mass is 250 g/mol. The number of amides is 1. The summed E-state index contributed by atoms with van der Waals surface area (Å²) in [6.45, 7) is 1.29. The summed E-state index contributed by atoms with van der Waals surface area (Å²) in [5.74, 6) is -0.394. The minimum absolute atomic E-state index is 0.205. The molecule has 0 bridgehead atoms. The van der Waals surface area contributed by atoms with E-state index in [2.05, 4.69) is 5.32 Å². The van der Waals surface area contributed by atoms with E-state index in [1.165, 1.54) is 0 Å². The minimum Gasteiger partial charge on any atom is -0.329 e. The number of hydrogen-bond donors (Lipinski definition) is 1. The standard InChI is InChI=1S/C11H17F3N2O/c1-10(5-2-6-15-10)9(17)16(8-3-4-8)7-11(12,13)14/h8,15H,2-7H2,1H3. The van der Waals surface area contributed by atoms with Gasteiger partial charge in [-0.05, 0) is 39.2 Å². The molecule has 2 fully saturated rings. The van der Waals surface area contributed by atoms with Gasteiger partial charge < -0.3 is 10.2 Å². The van der Waals surface area contributed by atoms with E-state index in [1.54, 1.807) is 6.92 Å². The van der Waals surface area contributed by atoms with Crippen LogP contribution in [-0.2, 0) is 4.79 Å². The topological polar surface area (TPSA) is 32.3 Å². The van der Waals surface area contributed by atoms with Gasteiger partial charge in [0.15, 0.2) is 0 Å². The van der Waals surface area contributed by atoms with Crippen LogP contribution in [0.5, 0.6) is 0 Å². The van der Waals surface area contributed by atoms with Gasteiger partial charge in [0.2, 0.25) is 5.91 Å². The molecule has 1 aliphatic carbocycles. The Labute approximate surface area is 98.3 Å². The molecule has 1 saturated carbocycles. The predicted octanol–water partition coefficient (Wildman–Crippen LogP) is 1.68. The summed E-state index contributed by atoms with van der Waals surface area (Å²) in [4.78, 5) is 13.2. The van der Waals surface area contributed by atoms with Crippen LogP contribution in [0.3, 0.4) is 0 Å². The number of nitrogens with one attached hydrogen (secondary N) is 1. The van der Waals surface area contributed by atoms with Gasteiger partial charge in [0, 0.05) is 6.04 Å². The van der Waals surface area contributed by atoms with Gasteiger partial charge in [-0.2, -0.15) is 13.2 Å². The lowest BCUT2D eigenvalue weighted by atomic mass is 9.98. The van der Waals surface area contributed by atoms with Crippen molar-refractivity contribution in [2.24, 2.45) is 0 Å². The van der Waals surface area contributed by atoms with Gasteiger partial charge >= 0.3 is 6.18 Å². The van der Waals surface area contributed by atoms with Crippen LogP contribution in [-0.4, -0.2) is 41.7 Å². The fraction of sp³-hybridized carbons (Fsp3) is 0.909. The van der Waals surface area contributed by atoms with Crippen molar-refractivity contribution in [3.63, 3.8) is 0 Å². The molecule has 2 rings (SSSR count). The van der Waals surface area contributed by atoms with E-state index in [4.69, 9.17) is 0 Å². The number of alkyl halides is 3. The minimum atomic E-state index is -4.31. The maximum Gasteiger partial charge on any atom is 0.406 e. The zero-order valence-electron chi connectivity index (χ0n) is 9.81. The van der Waals surface area contributed by atoms with E-state index in [0.29, 0.717) is 25.8 Å². The van der Waals surface area contributed by atoms with Crippen molar-refractivity contribution < 1.29 is 18.0 Å². The van der Waals surface area contributed by atoms with Crippen LogP contribution in [0.15, 0.2) is 0 Å². The molecule has 2 aliphatic rings. The number of halogens is 3. The summed E-state index contributed by atoms with van der Waals surface area (Å²) in [6, 6.07) is -0.205. The highest BCUT2D eigenvalue weighted by molar-refractivity contribution is 5.86. The number of nitrogens with zero attached hydrogens (tertiary/aromatic N) is 1. The zero-order chi connectivity index (χ0) is 12.7. The van der Waals surface area contributed by atoms with Crippen molar-refractivity contribution >= 4 is 5.91 Å². The molecule has 1 atom stereocenters. The molecule has 3 nitrogen and oxygen atoms in total. The van der Waals surface area contributed by atoms with Crippen LogP contribution in [0.1, 0.15) is 32.6 Å². The van der Waals surface area contributed by atoms with E-state index < -0.39 is 24.2 Å². The first-order chi connectivity index (χ1) is 7.82. The molecular formula is C11H17F3N2O.